The van der Waals surface area contributed by atoms with E-state index < -0.39 is 0 Å². The van der Waals surface area contributed by atoms with E-state index in [9.17, 15) is 9.59 Å². The Hall–Kier alpha value is -3.61. The van der Waals surface area contributed by atoms with Gasteiger partial charge in [-0.2, -0.15) is 0 Å². The number of carbonyl (C=O) groups is 1. The predicted molar refractivity (Wildman–Crippen MR) is 129 cm³/mol. The highest BCUT2D eigenvalue weighted by Crippen LogP contribution is 2.20. The number of pyridine rings is 2. The van der Waals surface area contributed by atoms with Crippen LogP contribution in [0.15, 0.2) is 59.5 Å². The molecule has 7 heteroatoms. The third kappa shape index (κ3) is 4.77. The summed E-state index contributed by atoms with van der Waals surface area (Å²) in [6, 6.07) is 15.3. The first-order valence-corrected chi connectivity index (χ1v) is 11.3. The first-order chi connectivity index (χ1) is 16.0. The number of carbonyl (C=O) groups excluding carboxylic acids is 1. The number of ether oxygens (including phenoxy) is 1. The number of methoxy groups -OCH3 is 1. The van der Waals surface area contributed by atoms with E-state index in [2.05, 4.69) is 14.5 Å². The van der Waals surface area contributed by atoms with Crippen molar-refractivity contribution >= 4 is 11.7 Å². The van der Waals surface area contributed by atoms with E-state index in [0.29, 0.717) is 38.4 Å². The van der Waals surface area contributed by atoms with Gasteiger partial charge in [0.1, 0.15) is 17.1 Å². The smallest absolute Gasteiger partial charge is 0.259 e. The van der Waals surface area contributed by atoms with Crippen molar-refractivity contribution < 1.29 is 9.53 Å². The van der Waals surface area contributed by atoms with Crippen LogP contribution in [0.1, 0.15) is 27.3 Å². The fourth-order valence-corrected chi connectivity index (χ4v) is 4.50. The molecule has 7 nitrogen and oxygen atoms in total. The highest BCUT2D eigenvalue weighted by molar-refractivity contribution is 5.95. The minimum absolute atomic E-state index is 0.191. The van der Waals surface area contributed by atoms with Gasteiger partial charge in [-0.15, -0.1) is 0 Å². The average molecular weight is 447 g/mol. The lowest BCUT2D eigenvalue weighted by Crippen LogP contribution is -2.50. The second kappa shape index (κ2) is 9.90. The van der Waals surface area contributed by atoms with Gasteiger partial charge in [0.2, 0.25) is 0 Å². The molecule has 2 aromatic heterocycles. The Labute approximate surface area is 194 Å². The second-order valence-electron chi connectivity index (χ2n) is 8.29. The van der Waals surface area contributed by atoms with Crippen LogP contribution in [0, 0.1) is 13.8 Å². The first-order valence-electron chi connectivity index (χ1n) is 11.3. The summed E-state index contributed by atoms with van der Waals surface area (Å²) in [5.41, 5.74) is 2.72. The highest BCUT2D eigenvalue weighted by atomic mass is 16.5. The van der Waals surface area contributed by atoms with Crippen molar-refractivity contribution in [1.82, 2.24) is 14.5 Å². The van der Waals surface area contributed by atoms with Crippen molar-refractivity contribution in [1.29, 1.82) is 0 Å². The van der Waals surface area contributed by atoms with Crippen molar-refractivity contribution in [3.05, 3.63) is 87.5 Å². The van der Waals surface area contributed by atoms with Crippen LogP contribution in [0.5, 0.6) is 5.75 Å². The lowest BCUT2D eigenvalue weighted by molar-refractivity contribution is 0.0743. The Bertz CT molecular complexity index is 1180. The summed E-state index contributed by atoms with van der Waals surface area (Å²) in [5.74, 6) is 1.56. The molecule has 3 heterocycles. The topological polar surface area (TPSA) is 67.7 Å². The van der Waals surface area contributed by atoms with Gasteiger partial charge in [0.25, 0.3) is 5.91 Å². The summed E-state index contributed by atoms with van der Waals surface area (Å²) in [7, 11) is 1.67. The number of aromatic nitrogens is 2. The number of nitrogens with zero attached hydrogens (tertiary/aromatic N) is 4. The van der Waals surface area contributed by atoms with E-state index >= 15 is 0 Å². The number of rotatable bonds is 6. The van der Waals surface area contributed by atoms with Crippen LogP contribution in [-0.4, -0.2) is 53.6 Å². The van der Waals surface area contributed by atoms with Crippen molar-refractivity contribution in [3.8, 4) is 5.75 Å². The van der Waals surface area contributed by atoms with Gasteiger partial charge in [-0.05, 0) is 44.0 Å². The van der Waals surface area contributed by atoms with Gasteiger partial charge < -0.3 is 19.1 Å². The Morgan fingerprint density at radius 2 is 1.76 bits per heavy atom. The molecule has 1 fully saturated rings. The quantitative estimate of drug-likeness (QED) is 0.582. The lowest BCUT2D eigenvalue weighted by Gasteiger charge is -2.35. The molecular formula is C26H30N4O3. The molecule has 1 saturated heterocycles. The van der Waals surface area contributed by atoms with Crippen LogP contribution >= 0.6 is 0 Å². The SMILES string of the molecule is COc1ccccc1CCn1c(C)cc(=O)c(C(=O)N2CCN(c3ccccn3)CC2)c1C. The first kappa shape index (κ1) is 22.6. The number of aryl methyl sites for hydroxylation is 2. The van der Waals surface area contributed by atoms with Gasteiger partial charge in [-0.1, -0.05) is 24.3 Å². The van der Waals surface area contributed by atoms with E-state index in [1.807, 2.05) is 56.3 Å². The van der Waals surface area contributed by atoms with E-state index in [1.165, 1.54) is 0 Å². The molecule has 0 unspecified atom stereocenters. The minimum atomic E-state index is -0.212. The van der Waals surface area contributed by atoms with Crippen molar-refractivity contribution in [3.63, 3.8) is 0 Å². The molecule has 1 aromatic carbocycles. The maximum absolute atomic E-state index is 13.4. The summed E-state index contributed by atoms with van der Waals surface area (Å²) in [6.07, 6.45) is 2.51. The largest absolute Gasteiger partial charge is 0.496 e. The van der Waals surface area contributed by atoms with Crippen LogP contribution in [0.3, 0.4) is 0 Å². The molecule has 1 aliphatic rings. The summed E-state index contributed by atoms with van der Waals surface area (Å²) < 4.78 is 7.53. The molecule has 0 aliphatic carbocycles. The highest BCUT2D eigenvalue weighted by Gasteiger charge is 2.26. The lowest BCUT2D eigenvalue weighted by atomic mass is 10.1. The molecule has 0 N–H and O–H groups in total. The van der Waals surface area contributed by atoms with Gasteiger partial charge >= 0.3 is 0 Å². The van der Waals surface area contributed by atoms with Crippen LogP contribution in [0.4, 0.5) is 5.82 Å². The Kier molecular flexibility index (Phi) is 6.77. The molecule has 3 aromatic rings. The van der Waals surface area contributed by atoms with Crippen LogP contribution < -0.4 is 15.1 Å². The van der Waals surface area contributed by atoms with Crippen molar-refractivity contribution in [2.75, 3.05) is 38.2 Å². The predicted octanol–water partition coefficient (Wildman–Crippen LogP) is 3.07. The molecule has 0 atom stereocenters. The summed E-state index contributed by atoms with van der Waals surface area (Å²) in [4.78, 5) is 34.6. The average Bonchev–Trinajstić information content (AvgIpc) is 2.84. The van der Waals surface area contributed by atoms with Crippen molar-refractivity contribution in [2.45, 2.75) is 26.8 Å². The maximum atomic E-state index is 13.4. The minimum Gasteiger partial charge on any atom is -0.496 e. The van der Waals surface area contributed by atoms with Crippen LogP contribution in [0.2, 0.25) is 0 Å². The molecule has 0 saturated carbocycles. The monoisotopic (exact) mass is 446 g/mol. The van der Waals surface area contributed by atoms with Gasteiger partial charge in [0, 0.05) is 56.4 Å². The van der Waals surface area contributed by atoms with E-state index in [0.717, 1.165) is 29.2 Å². The maximum Gasteiger partial charge on any atom is 0.259 e. The van der Waals surface area contributed by atoms with Gasteiger partial charge in [0.05, 0.1) is 7.11 Å². The Balaban J connectivity index is 1.52. The second-order valence-corrected chi connectivity index (χ2v) is 8.29. The normalized spacial score (nSPS) is 13.8. The standard InChI is InChI=1S/C26H30N4O3/c1-19-18-22(31)25(20(2)30(19)13-11-21-8-4-5-9-23(21)33-3)26(32)29-16-14-28(15-17-29)24-10-6-7-12-27-24/h4-10,12,18H,11,13-17H2,1-3H3. The summed E-state index contributed by atoms with van der Waals surface area (Å²) in [6.45, 7) is 6.94. The Morgan fingerprint density at radius 3 is 2.45 bits per heavy atom. The molecule has 0 radical (unpaired) electrons. The Morgan fingerprint density at radius 1 is 1.03 bits per heavy atom. The number of anilines is 1. The van der Waals surface area contributed by atoms with E-state index in [4.69, 9.17) is 4.74 Å². The number of hydrogen-bond donors (Lipinski definition) is 0. The third-order valence-corrected chi connectivity index (χ3v) is 6.33. The molecule has 33 heavy (non-hydrogen) atoms. The van der Waals surface area contributed by atoms with Crippen molar-refractivity contribution in [2.24, 2.45) is 0 Å². The summed E-state index contributed by atoms with van der Waals surface area (Å²) in [5, 5.41) is 0. The zero-order valence-electron chi connectivity index (χ0n) is 19.5. The number of hydrogen-bond acceptors (Lipinski definition) is 5. The van der Waals surface area contributed by atoms with Gasteiger partial charge in [-0.25, -0.2) is 4.98 Å². The van der Waals surface area contributed by atoms with E-state index in [1.54, 1.807) is 24.3 Å². The number of piperazine rings is 1. The van der Waals surface area contributed by atoms with Gasteiger partial charge in [0.15, 0.2) is 5.43 Å². The zero-order valence-corrected chi connectivity index (χ0v) is 19.5. The number of para-hydroxylation sites is 1. The molecule has 172 valence electrons. The van der Waals surface area contributed by atoms with Crippen LogP contribution in [-0.2, 0) is 13.0 Å². The fraction of sp³-hybridized carbons (Fsp3) is 0.346. The van der Waals surface area contributed by atoms with Crippen LogP contribution in [0.25, 0.3) is 0 Å². The zero-order chi connectivity index (χ0) is 23.4. The molecule has 1 amide bonds. The molecule has 0 bridgehead atoms. The molecule has 0 spiro atoms. The van der Waals surface area contributed by atoms with Gasteiger partial charge in [-0.3, -0.25) is 9.59 Å². The molecule has 1 aliphatic heterocycles. The third-order valence-electron chi connectivity index (χ3n) is 6.33. The number of amides is 1. The number of benzene rings is 1. The van der Waals surface area contributed by atoms with E-state index in [-0.39, 0.29) is 16.9 Å². The summed E-state index contributed by atoms with van der Waals surface area (Å²) >= 11 is 0. The molecule has 4 rings (SSSR count). The molecular weight excluding hydrogens is 416 g/mol. The fourth-order valence-electron chi connectivity index (χ4n) is 4.50.